The predicted octanol–water partition coefficient (Wildman–Crippen LogP) is -0.609. The van der Waals surface area contributed by atoms with Crippen molar-refractivity contribution < 1.29 is 24.6 Å². The van der Waals surface area contributed by atoms with Crippen LogP contribution in [0.4, 0.5) is 0 Å². The van der Waals surface area contributed by atoms with Crippen molar-refractivity contribution in [3.8, 4) is 0 Å². The standard InChI is InChI=1S/C5H10O2.C4H8N2O3/c1-5(2,3)4(6)7;5-2(4(8)9)1-3(6)7/h1-3H3,(H,6,7);2H,1,5H2,(H2,6,7)(H,8,9). The number of carbonyl (C=O) groups is 3. The lowest BCUT2D eigenvalue weighted by molar-refractivity contribution is -0.145. The van der Waals surface area contributed by atoms with Gasteiger partial charge in [-0.05, 0) is 20.8 Å². The van der Waals surface area contributed by atoms with Crippen LogP contribution < -0.4 is 11.5 Å². The molecule has 0 aromatic rings. The second-order valence-electron chi connectivity index (χ2n) is 4.17. The van der Waals surface area contributed by atoms with Gasteiger partial charge >= 0.3 is 11.9 Å². The summed E-state index contributed by atoms with van der Waals surface area (Å²) in [6, 6.07) is -1.16. The molecule has 0 aliphatic heterocycles. The van der Waals surface area contributed by atoms with Gasteiger partial charge in [0, 0.05) is 0 Å². The van der Waals surface area contributed by atoms with Gasteiger partial charge in [-0.2, -0.15) is 0 Å². The van der Waals surface area contributed by atoms with Crippen molar-refractivity contribution >= 4 is 17.8 Å². The molecule has 94 valence electrons. The summed E-state index contributed by atoms with van der Waals surface area (Å²) in [6.07, 6.45) is -0.310. The molecule has 0 aliphatic rings. The fourth-order valence-corrected chi connectivity index (χ4v) is 0.304. The lowest BCUT2D eigenvalue weighted by Gasteiger charge is -2.08. The molecule has 0 aromatic heterocycles. The first-order valence-corrected chi connectivity index (χ1v) is 4.48. The molecule has 0 spiro atoms. The van der Waals surface area contributed by atoms with Crippen LogP contribution in [0.25, 0.3) is 0 Å². The molecule has 0 saturated heterocycles. The topological polar surface area (TPSA) is 144 Å². The summed E-state index contributed by atoms with van der Waals surface area (Å²) in [5, 5.41) is 16.3. The Morgan fingerprint density at radius 3 is 1.56 bits per heavy atom. The molecule has 1 unspecified atom stereocenters. The van der Waals surface area contributed by atoms with Gasteiger partial charge in [0.1, 0.15) is 6.04 Å². The molecule has 6 N–H and O–H groups in total. The van der Waals surface area contributed by atoms with Crippen LogP contribution in [-0.2, 0) is 14.4 Å². The van der Waals surface area contributed by atoms with Crippen LogP contribution in [0.2, 0.25) is 0 Å². The Balaban J connectivity index is 0. The zero-order valence-corrected chi connectivity index (χ0v) is 9.56. The molecule has 7 heteroatoms. The van der Waals surface area contributed by atoms with Crippen LogP contribution in [0.3, 0.4) is 0 Å². The second kappa shape index (κ2) is 6.78. The van der Waals surface area contributed by atoms with Crippen LogP contribution in [0.1, 0.15) is 27.2 Å². The number of carboxylic acids is 2. The minimum absolute atomic E-state index is 0.310. The Morgan fingerprint density at radius 1 is 1.19 bits per heavy atom. The molecular weight excluding hydrogens is 216 g/mol. The number of amides is 1. The van der Waals surface area contributed by atoms with E-state index in [2.05, 4.69) is 5.73 Å². The average Bonchev–Trinajstić information content (AvgIpc) is 2.01. The van der Waals surface area contributed by atoms with Crippen molar-refractivity contribution in [3.63, 3.8) is 0 Å². The van der Waals surface area contributed by atoms with E-state index in [1.165, 1.54) is 0 Å². The van der Waals surface area contributed by atoms with Crippen LogP contribution in [0.15, 0.2) is 0 Å². The quantitative estimate of drug-likeness (QED) is 0.512. The van der Waals surface area contributed by atoms with E-state index in [0.717, 1.165) is 0 Å². The van der Waals surface area contributed by atoms with Crippen molar-refractivity contribution in [3.05, 3.63) is 0 Å². The highest BCUT2D eigenvalue weighted by molar-refractivity contribution is 5.83. The molecule has 16 heavy (non-hydrogen) atoms. The molecule has 0 heterocycles. The van der Waals surface area contributed by atoms with Gasteiger partial charge in [0.25, 0.3) is 0 Å². The highest BCUT2D eigenvalue weighted by Gasteiger charge is 2.18. The Kier molecular flexibility index (Phi) is 7.11. The number of aliphatic carboxylic acids is 2. The Hall–Kier alpha value is -1.63. The van der Waals surface area contributed by atoms with Crippen molar-refractivity contribution in [1.29, 1.82) is 0 Å². The number of carboxylic acid groups (broad SMARTS) is 2. The lowest BCUT2D eigenvalue weighted by atomic mass is 9.98. The molecule has 0 saturated carbocycles. The van der Waals surface area contributed by atoms with Gasteiger partial charge in [-0.25, -0.2) is 0 Å². The number of primary amides is 1. The molecule has 0 aromatic carbocycles. The van der Waals surface area contributed by atoms with Crippen molar-refractivity contribution in [2.24, 2.45) is 16.9 Å². The molecule has 1 atom stereocenters. The Bertz CT molecular complexity index is 270. The largest absolute Gasteiger partial charge is 0.481 e. The maximum absolute atomic E-state index is 10.0. The minimum atomic E-state index is -1.21. The highest BCUT2D eigenvalue weighted by atomic mass is 16.4. The molecule has 0 radical (unpaired) electrons. The third-order valence-electron chi connectivity index (χ3n) is 1.38. The summed E-state index contributed by atoms with van der Waals surface area (Å²) < 4.78 is 0. The monoisotopic (exact) mass is 234 g/mol. The molecule has 0 rings (SSSR count). The predicted molar refractivity (Wildman–Crippen MR) is 56.5 cm³/mol. The second-order valence-corrected chi connectivity index (χ2v) is 4.17. The average molecular weight is 234 g/mol. The van der Waals surface area contributed by atoms with Gasteiger partial charge < -0.3 is 21.7 Å². The van der Waals surface area contributed by atoms with Gasteiger partial charge in [-0.3, -0.25) is 14.4 Å². The third-order valence-corrected chi connectivity index (χ3v) is 1.38. The van der Waals surface area contributed by atoms with Gasteiger partial charge in [-0.1, -0.05) is 0 Å². The first kappa shape index (κ1) is 16.8. The summed E-state index contributed by atoms with van der Waals surface area (Å²) in [4.78, 5) is 29.9. The SMILES string of the molecule is CC(C)(C)C(=O)O.NC(=O)CC(N)C(=O)O. The van der Waals surface area contributed by atoms with Gasteiger partial charge in [0.2, 0.25) is 5.91 Å². The number of hydrogen-bond acceptors (Lipinski definition) is 4. The van der Waals surface area contributed by atoms with Crippen molar-refractivity contribution in [1.82, 2.24) is 0 Å². The van der Waals surface area contributed by atoms with Crippen LogP contribution in [0.5, 0.6) is 0 Å². The van der Waals surface area contributed by atoms with E-state index in [9.17, 15) is 14.4 Å². The molecule has 0 bridgehead atoms. The van der Waals surface area contributed by atoms with E-state index in [0.29, 0.717) is 0 Å². The van der Waals surface area contributed by atoms with Crippen LogP contribution in [0, 0.1) is 5.41 Å². The minimum Gasteiger partial charge on any atom is -0.481 e. The zero-order chi connectivity index (χ0) is 13.5. The first-order valence-electron chi connectivity index (χ1n) is 4.48. The zero-order valence-electron chi connectivity index (χ0n) is 9.56. The van der Waals surface area contributed by atoms with E-state index < -0.39 is 29.3 Å². The highest BCUT2D eigenvalue weighted by Crippen LogP contribution is 2.11. The smallest absolute Gasteiger partial charge is 0.321 e. The summed E-state index contributed by atoms with van der Waals surface area (Å²) in [5.41, 5.74) is 8.98. The Morgan fingerprint density at radius 2 is 1.50 bits per heavy atom. The lowest BCUT2D eigenvalue weighted by Crippen LogP contribution is -2.34. The number of nitrogens with two attached hydrogens (primary N) is 2. The van der Waals surface area contributed by atoms with E-state index in [-0.39, 0.29) is 6.42 Å². The van der Waals surface area contributed by atoms with E-state index >= 15 is 0 Å². The van der Waals surface area contributed by atoms with E-state index in [1.54, 1.807) is 20.8 Å². The van der Waals surface area contributed by atoms with Gasteiger partial charge in [0.15, 0.2) is 0 Å². The Labute approximate surface area is 93.4 Å². The fourth-order valence-electron chi connectivity index (χ4n) is 0.304. The molecule has 0 fully saturated rings. The van der Waals surface area contributed by atoms with Gasteiger partial charge in [0.05, 0.1) is 11.8 Å². The van der Waals surface area contributed by atoms with Crippen molar-refractivity contribution in [2.75, 3.05) is 0 Å². The third kappa shape index (κ3) is 10.5. The molecule has 0 aliphatic carbocycles. The number of carbonyl (C=O) groups excluding carboxylic acids is 1. The number of hydrogen-bond donors (Lipinski definition) is 4. The van der Waals surface area contributed by atoms with Crippen molar-refractivity contribution in [2.45, 2.75) is 33.2 Å². The van der Waals surface area contributed by atoms with Gasteiger partial charge in [-0.15, -0.1) is 0 Å². The summed E-state index contributed by atoms with van der Waals surface area (Å²) in [7, 11) is 0. The maximum Gasteiger partial charge on any atom is 0.321 e. The maximum atomic E-state index is 10.0. The summed E-state index contributed by atoms with van der Waals surface area (Å²) in [6.45, 7) is 4.99. The molecule has 7 nitrogen and oxygen atoms in total. The van der Waals surface area contributed by atoms with Crippen LogP contribution in [-0.4, -0.2) is 34.1 Å². The summed E-state index contributed by atoms with van der Waals surface area (Å²) in [5.74, 6) is -2.67. The normalized spacial score (nSPS) is 12.0. The van der Waals surface area contributed by atoms with E-state index in [4.69, 9.17) is 15.9 Å². The number of rotatable bonds is 3. The first-order chi connectivity index (χ1) is 6.98. The molecular formula is C9H18N2O5. The van der Waals surface area contributed by atoms with Crippen LogP contribution >= 0.6 is 0 Å². The molecule has 1 amide bonds. The van der Waals surface area contributed by atoms with E-state index in [1.807, 2.05) is 0 Å². The summed E-state index contributed by atoms with van der Waals surface area (Å²) >= 11 is 0. The fraction of sp³-hybridized carbons (Fsp3) is 0.667.